The fourth-order valence-electron chi connectivity index (χ4n) is 0.696. The number of urea groups is 1. The molecule has 0 radical (unpaired) electrons. The van der Waals surface area contributed by atoms with Crippen LogP contribution in [-0.4, -0.2) is 40.3 Å². The van der Waals surface area contributed by atoms with Gasteiger partial charge in [0.1, 0.15) is 4.84 Å². The van der Waals surface area contributed by atoms with E-state index < -0.39 is 21.4 Å². The average Bonchev–Trinajstić information content (AvgIpc) is 2.33. The fourth-order valence-corrected chi connectivity index (χ4v) is 0.877. The van der Waals surface area contributed by atoms with E-state index in [-0.39, 0.29) is 5.95 Å². The van der Waals surface area contributed by atoms with Gasteiger partial charge in [0.25, 0.3) is 5.95 Å². The molecule has 0 saturated carbocycles. The van der Waals surface area contributed by atoms with Crippen molar-refractivity contribution < 1.29 is 13.2 Å². The highest BCUT2D eigenvalue weighted by molar-refractivity contribution is 7.62. The number of hydrogen-bond acceptors (Lipinski definition) is 6. The lowest BCUT2D eigenvalue weighted by Crippen LogP contribution is -2.11. The van der Waals surface area contributed by atoms with Gasteiger partial charge in [-0.2, -0.15) is 13.5 Å². The molecule has 2 amide bonds. The molecule has 1 heterocycles. The monoisotopic (exact) mass is 361 g/mol. The smallest absolute Gasteiger partial charge is 0.272 e. The minimum absolute atomic E-state index is 0.0858. The van der Waals surface area contributed by atoms with Crippen LogP contribution in [0.15, 0.2) is 4.36 Å². The van der Waals surface area contributed by atoms with Gasteiger partial charge in [-0.05, 0) is 13.8 Å². The number of carbonyl (C=O) groups excluding carboxylic acids is 1. The Kier molecular flexibility index (Phi) is 9.30. The summed E-state index contributed by atoms with van der Waals surface area (Å²) < 4.78 is 22.8. The van der Waals surface area contributed by atoms with Crippen LogP contribution in [0.3, 0.4) is 0 Å². The van der Waals surface area contributed by atoms with Crippen molar-refractivity contribution in [3.63, 3.8) is 0 Å². The van der Waals surface area contributed by atoms with Crippen molar-refractivity contribution in [1.29, 1.82) is 0 Å². The molecule has 0 aliphatic carbocycles. The third-order valence-corrected chi connectivity index (χ3v) is 2.83. The summed E-state index contributed by atoms with van der Waals surface area (Å²) >= 11 is 15.3. The van der Waals surface area contributed by atoms with Gasteiger partial charge in [0.15, 0.2) is 0 Å². The molecular weight excluding hydrogens is 353 g/mol. The van der Waals surface area contributed by atoms with Crippen LogP contribution in [0.25, 0.3) is 0 Å². The van der Waals surface area contributed by atoms with Crippen molar-refractivity contribution in [2.45, 2.75) is 18.7 Å². The largest absolute Gasteiger partial charge is 0.362 e. The predicted octanol–water partition coefficient (Wildman–Crippen LogP) is 2.11. The molecule has 0 spiro atoms. The van der Waals surface area contributed by atoms with Gasteiger partial charge in [-0.15, -0.1) is 39.9 Å². The quantitative estimate of drug-likeness (QED) is 0.806. The average molecular weight is 363 g/mol. The van der Waals surface area contributed by atoms with E-state index in [9.17, 15) is 13.2 Å². The predicted molar refractivity (Wildman–Crippen MR) is 75.9 cm³/mol. The zero-order valence-electron chi connectivity index (χ0n) is 10.3. The van der Waals surface area contributed by atoms with Crippen LogP contribution in [0.2, 0.25) is 0 Å². The number of nitrogens with one attached hydrogen (secondary N) is 1. The van der Waals surface area contributed by atoms with Crippen LogP contribution in [0, 0.1) is 13.8 Å². The maximum Gasteiger partial charge on any atom is 0.362 e. The number of alkyl halides is 3. The summed E-state index contributed by atoms with van der Waals surface area (Å²) in [5.41, 5.74) is 1.21. The summed E-state index contributed by atoms with van der Waals surface area (Å²) in [4.78, 5) is 14.3. The second kappa shape index (κ2) is 9.81. The van der Waals surface area contributed by atoms with E-state index in [0.717, 1.165) is 0 Å². The Balaban J connectivity index is 0.000000621. The van der Waals surface area contributed by atoms with Gasteiger partial charge in [0, 0.05) is 0 Å². The molecule has 112 valence electrons. The molecule has 0 aromatic carbocycles. The maximum atomic E-state index is 10.8. The number of rotatable bonds is 2. The molecule has 1 rings (SSSR count). The van der Waals surface area contributed by atoms with Gasteiger partial charge in [0.05, 0.1) is 17.3 Å². The van der Waals surface area contributed by atoms with E-state index in [4.69, 9.17) is 34.8 Å². The van der Waals surface area contributed by atoms with Gasteiger partial charge < -0.3 is 0 Å². The number of anilines is 1. The molecule has 0 unspecified atom stereocenters. The molecule has 0 saturated heterocycles. The summed E-state index contributed by atoms with van der Waals surface area (Å²) in [6.45, 7) is 3.39. The molecule has 8 nitrogen and oxygen atoms in total. The number of carbonyl (C=O) groups is 1. The molecule has 0 atom stereocenters. The molecule has 1 aromatic rings. The highest BCUT2D eigenvalue weighted by Crippen LogP contribution is 2.02. The fraction of sp³-hybridized carbons (Fsp3) is 0.500. The molecule has 12 heteroatoms. The lowest BCUT2D eigenvalue weighted by Gasteiger charge is -2.00. The van der Waals surface area contributed by atoms with Gasteiger partial charge in [-0.3, -0.25) is 5.32 Å². The first kappa shape index (κ1) is 19.0. The zero-order valence-corrected chi connectivity index (χ0v) is 13.4. The highest BCUT2D eigenvalue weighted by Gasteiger charge is 2.05. The minimum atomic E-state index is -2.79. The van der Waals surface area contributed by atoms with E-state index >= 15 is 0 Å². The summed E-state index contributed by atoms with van der Waals surface area (Å²) in [6.07, 6.45) is 0. The number of amides is 2. The lowest BCUT2D eigenvalue weighted by molar-refractivity contribution is 0.259. The number of hydrogen-bond donors (Lipinski definition) is 1. The molecule has 1 aromatic heterocycles. The third kappa shape index (κ3) is 8.97. The van der Waals surface area contributed by atoms with Crippen molar-refractivity contribution >= 4 is 57.3 Å². The first-order valence-corrected chi connectivity index (χ1v) is 7.34. The number of nitrogens with zero attached hydrogens (tertiary/aromatic N) is 4. The first-order valence-electron chi connectivity index (χ1n) is 4.90. The molecule has 0 aliphatic heterocycles. The molecular formula is C8H10Cl3N5O3S. The van der Waals surface area contributed by atoms with Crippen LogP contribution in [0.1, 0.15) is 11.4 Å². The third-order valence-electron chi connectivity index (χ3n) is 1.58. The molecule has 0 fully saturated rings. The van der Waals surface area contributed by atoms with E-state index in [1.54, 1.807) is 13.8 Å². The van der Waals surface area contributed by atoms with Gasteiger partial charge in [-0.25, -0.2) is 9.78 Å². The van der Waals surface area contributed by atoms with Crippen molar-refractivity contribution in [1.82, 2.24) is 15.2 Å². The molecule has 20 heavy (non-hydrogen) atoms. The summed E-state index contributed by atoms with van der Waals surface area (Å²) in [5, 5.41) is 9.28. The van der Waals surface area contributed by atoms with E-state index in [2.05, 4.69) is 24.9 Å². The Hall–Kier alpha value is -1.03. The molecule has 0 bridgehead atoms. The van der Waals surface area contributed by atoms with Crippen LogP contribution >= 0.6 is 34.8 Å². The Labute approximate surface area is 131 Å². The van der Waals surface area contributed by atoms with Crippen molar-refractivity contribution in [3.8, 4) is 0 Å². The molecule has 0 aliphatic rings. The standard InChI is InChI=1S/C6H7N5O3S.C2H3Cl3/c1-3-4(2)9-10-5(7-3)8-6(12)11-15(13)14;3-1-2(4)5/h1-2H3,(H,7,8,10,12);2H,1H2. The van der Waals surface area contributed by atoms with Gasteiger partial charge >= 0.3 is 16.5 Å². The van der Waals surface area contributed by atoms with Crippen molar-refractivity contribution in [2.24, 2.45) is 4.36 Å². The number of aryl methyl sites for hydroxylation is 2. The van der Waals surface area contributed by atoms with Crippen molar-refractivity contribution in [3.05, 3.63) is 11.4 Å². The van der Waals surface area contributed by atoms with Gasteiger partial charge in [-0.1, -0.05) is 4.36 Å². The van der Waals surface area contributed by atoms with E-state index in [0.29, 0.717) is 17.3 Å². The zero-order chi connectivity index (χ0) is 15.7. The Morgan fingerprint density at radius 3 is 2.25 bits per heavy atom. The minimum Gasteiger partial charge on any atom is -0.272 e. The van der Waals surface area contributed by atoms with Crippen LogP contribution in [-0.2, 0) is 10.5 Å². The lowest BCUT2D eigenvalue weighted by atomic mass is 10.4. The number of halogens is 3. The van der Waals surface area contributed by atoms with Crippen LogP contribution < -0.4 is 5.32 Å². The van der Waals surface area contributed by atoms with Crippen LogP contribution in [0.4, 0.5) is 10.7 Å². The Bertz CT molecular complexity index is 585. The Morgan fingerprint density at radius 2 is 1.85 bits per heavy atom. The maximum absolute atomic E-state index is 10.8. The molecule has 1 N–H and O–H groups in total. The second-order valence-electron chi connectivity index (χ2n) is 3.09. The Morgan fingerprint density at radius 1 is 1.30 bits per heavy atom. The topological polar surface area (TPSA) is 114 Å². The van der Waals surface area contributed by atoms with E-state index in [1.165, 1.54) is 0 Å². The summed E-state index contributed by atoms with van der Waals surface area (Å²) in [6, 6.07) is -1.06. The first-order chi connectivity index (χ1) is 9.26. The summed E-state index contributed by atoms with van der Waals surface area (Å²) in [5.74, 6) is 0.223. The van der Waals surface area contributed by atoms with Gasteiger partial charge in [0.2, 0.25) is 0 Å². The normalized spacial score (nSPS) is 9.50. The van der Waals surface area contributed by atoms with Crippen LogP contribution in [0.5, 0.6) is 0 Å². The number of aromatic nitrogens is 3. The van der Waals surface area contributed by atoms with E-state index in [1.807, 2.05) is 0 Å². The van der Waals surface area contributed by atoms with Crippen molar-refractivity contribution in [2.75, 3.05) is 11.2 Å². The SMILES string of the molecule is Cc1nnc(NC(=O)N=S(=O)=O)nc1C.ClCC(Cl)Cl. The second-order valence-corrected chi connectivity index (χ2v) is 5.29. The highest BCUT2D eigenvalue weighted by atomic mass is 35.5. The summed E-state index contributed by atoms with van der Waals surface area (Å²) in [7, 11) is -2.79.